The van der Waals surface area contributed by atoms with Crippen LogP contribution in [0.4, 0.5) is 0 Å². The number of nitrogens with one attached hydrogen (secondary N) is 1. The summed E-state index contributed by atoms with van der Waals surface area (Å²) in [6, 6.07) is 4.10. The van der Waals surface area contributed by atoms with Crippen LogP contribution < -0.4 is 5.32 Å². The molecule has 0 unspecified atom stereocenters. The van der Waals surface area contributed by atoms with E-state index >= 15 is 0 Å². The predicted octanol–water partition coefficient (Wildman–Crippen LogP) is 3.21. The van der Waals surface area contributed by atoms with Gasteiger partial charge in [0.25, 0.3) is 0 Å². The zero-order valence-corrected chi connectivity index (χ0v) is 11.5. The second kappa shape index (κ2) is 4.88. The van der Waals surface area contributed by atoms with Crippen LogP contribution in [0.1, 0.15) is 24.6 Å². The Hall–Kier alpha value is -1.09. The maximum absolute atomic E-state index is 12.4. The molecule has 1 aromatic heterocycles. The van der Waals surface area contributed by atoms with Gasteiger partial charge in [0.05, 0.1) is 6.54 Å². The highest BCUT2D eigenvalue weighted by Gasteiger charge is 2.46. The average Bonchev–Trinajstić information content (AvgIpc) is 3.10. The van der Waals surface area contributed by atoms with Gasteiger partial charge in [0.1, 0.15) is 0 Å². The minimum Gasteiger partial charge on any atom is -0.351 e. The smallest absolute Gasteiger partial charge is 0.224 e. The third-order valence-corrected chi connectivity index (χ3v) is 5.29. The second-order valence-corrected chi connectivity index (χ2v) is 6.38. The van der Waals surface area contributed by atoms with Crippen molar-refractivity contribution in [3.8, 4) is 0 Å². The molecule has 1 fully saturated rings. The largest absolute Gasteiger partial charge is 0.351 e. The van der Waals surface area contributed by atoms with Crippen molar-refractivity contribution in [1.82, 2.24) is 5.32 Å². The van der Waals surface area contributed by atoms with Crippen LogP contribution in [-0.2, 0) is 11.3 Å². The molecule has 4 atom stereocenters. The van der Waals surface area contributed by atoms with Gasteiger partial charge in [0.2, 0.25) is 5.91 Å². The molecule has 0 aliphatic heterocycles. The van der Waals surface area contributed by atoms with Crippen LogP contribution >= 0.6 is 11.3 Å². The summed E-state index contributed by atoms with van der Waals surface area (Å²) in [5.41, 5.74) is 0. The molecule has 96 valence electrons. The van der Waals surface area contributed by atoms with Crippen LogP contribution in [0.2, 0.25) is 0 Å². The highest BCUT2D eigenvalue weighted by atomic mass is 32.1. The lowest BCUT2D eigenvalue weighted by molar-refractivity contribution is -0.127. The van der Waals surface area contributed by atoms with Crippen LogP contribution in [0.5, 0.6) is 0 Å². The number of fused-ring (bicyclic) bond motifs is 2. The van der Waals surface area contributed by atoms with Crippen LogP contribution in [0.25, 0.3) is 0 Å². The first-order valence-corrected chi connectivity index (χ1v) is 7.66. The summed E-state index contributed by atoms with van der Waals surface area (Å²) in [5, 5.41) is 5.17. The Morgan fingerprint density at radius 1 is 1.44 bits per heavy atom. The predicted molar refractivity (Wildman–Crippen MR) is 74.2 cm³/mol. The van der Waals surface area contributed by atoms with E-state index in [9.17, 15) is 4.79 Å². The Balaban J connectivity index is 1.64. The number of hydrogen-bond donors (Lipinski definition) is 1. The monoisotopic (exact) mass is 261 g/mol. The molecule has 1 saturated carbocycles. The number of amides is 1. The lowest BCUT2D eigenvalue weighted by atomic mass is 9.81. The summed E-state index contributed by atoms with van der Waals surface area (Å²) >= 11 is 1.70. The molecule has 1 aromatic rings. The van der Waals surface area contributed by atoms with Crippen LogP contribution in [0, 0.1) is 23.7 Å². The Labute approximate surface area is 112 Å². The summed E-state index contributed by atoms with van der Waals surface area (Å²) in [4.78, 5) is 13.6. The molecule has 1 amide bonds. The van der Waals surface area contributed by atoms with Crippen molar-refractivity contribution in [2.75, 3.05) is 0 Å². The Morgan fingerprint density at radius 3 is 3.00 bits per heavy atom. The van der Waals surface area contributed by atoms with Crippen LogP contribution in [0.3, 0.4) is 0 Å². The maximum atomic E-state index is 12.4. The third kappa shape index (κ3) is 2.01. The standard InChI is InChI=1S/C15H19NOS/c1-2-13-10-5-6-11(8-10)14(13)15(17)16-9-12-4-3-7-18-12/h3-7,10-11,13-14H,2,8-9H2,1H3,(H,16,17)/t10-,11+,13+,14+/m1/s1. The van der Waals surface area contributed by atoms with E-state index in [1.54, 1.807) is 11.3 Å². The SMILES string of the molecule is CC[C@@H]1[C@@H](C(=O)NCc2cccs2)[C@H]2C=C[C@@H]1C2. The van der Waals surface area contributed by atoms with Gasteiger partial charge in [-0.25, -0.2) is 0 Å². The van der Waals surface area contributed by atoms with E-state index in [1.807, 2.05) is 6.07 Å². The van der Waals surface area contributed by atoms with Crippen molar-refractivity contribution in [3.05, 3.63) is 34.5 Å². The number of carbonyl (C=O) groups is 1. The van der Waals surface area contributed by atoms with E-state index in [0.717, 1.165) is 6.42 Å². The van der Waals surface area contributed by atoms with Crippen molar-refractivity contribution in [3.63, 3.8) is 0 Å². The van der Waals surface area contributed by atoms with E-state index < -0.39 is 0 Å². The molecule has 1 N–H and O–H groups in total. The Bertz CT molecular complexity index is 451. The first kappa shape index (κ1) is 12.0. The zero-order chi connectivity index (χ0) is 12.5. The van der Waals surface area contributed by atoms with Gasteiger partial charge in [0.15, 0.2) is 0 Å². The highest BCUT2D eigenvalue weighted by Crippen LogP contribution is 2.49. The quantitative estimate of drug-likeness (QED) is 0.828. The average molecular weight is 261 g/mol. The van der Waals surface area contributed by atoms with E-state index in [-0.39, 0.29) is 11.8 Å². The Kier molecular flexibility index (Phi) is 3.25. The summed E-state index contributed by atoms with van der Waals surface area (Å²) in [5.74, 6) is 2.17. The fourth-order valence-electron chi connectivity index (χ4n) is 3.58. The first-order chi connectivity index (χ1) is 8.79. The first-order valence-electron chi connectivity index (χ1n) is 6.78. The van der Waals surface area contributed by atoms with Crippen molar-refractivity contribution < 1.29 is 4.79 Å². The fourth-order valence-corrected chi connectivity index (χ4v) is 4.22. The number of hydrogen-bond acceptors (Lipinski definition) is 2. The summed E-state index contributed by atoms with van der Waals surface area (Å²) in [7, 11) is 0. The van der Waals surface area contributed by atoms with E-state index in [4.69, 9.17) is 0 Å². The van der Waals surface area contributed by atoms with E-state index in [2.05, 4.69) is 35.8 Å². The van der Waals surface area contributed by atoms with E-state index in [1.165, 1.54) is 11.3 Å². The van der Waals surface area contributed by atoms with Gasteiger partial charge in [-0.1, -0.05) is 31.6 Å². The molecular weight excluding hydrogens is 242 g/mol. The van der Waals surface area contributed by atoms with Gasteiger partial charge in [-0.3, -0.25) is 4.79 Å². The maximum Gasteiger partial charge on any atom is 0.224 e. The number of allylic oxidation sites excluding steroid dienone is 2. The van der Waals surface area contributed by atoms with Gasteiger partial charge >= 0.3 is 0 Å². The third-order valence-electron chi connectivity index (χ3n) is 4.41. The molecule has 0 radical (unpaired) electrons. The summed E-state index contributed by atoms with van der Waals surface area (Å²) in [6.45, 7) is 2.89. The van der Waals surface area contributed by atoms with Crippen molar-refractivity contribution in [2.24, 2.45) is 23.7 Å². The zero-order valence-electron chi connectivity index (χ0n) is 10.6. The molecule has 2 aliphatic rings. The van der Waals surface area contributed by atoms with Crippen molar-refractivity contribution in [1.29, 1.82) is 0 Å². The van der Waals surface area contributed by atoms with Gasteiger partial charge in [-0.2, -0.15) is 0 Å². The van der Waals surface area contributed by atoms with Gasteiger partial charge in [-0.05, 0) is 35.6 Å². The van der Waals surface area contributed by atoms with Gasteiger partial charge in [0, 0.05) is 10.8 Å². The van der Waals surface area contributed by atoms with Crippen LogP contribution in [-0.4, -0.2) is 5.91 Å². The molecule has 2 aliphatic carbocycles. The Morgan fingerprint density at radius 2 is 2.28 bits per heavy atom. The molecule has 1 heterocycles. The van der Waals surface area contributed by atoms with Crippen molar-refractivity contribution >= 4 is 17.2 Å². The number of rotatable bonds is 4. The molecular formula is C15H19NOS. The lowest BCUT2D eigenvalue weighted by Gasteiger charge is -2.26. The molecule has 0 aromatic carbocycles. The summed E-state index contributed by atoms with van der Waals surface area (Å²) in [6.07, 6.45) is 6.88. The molecule has 18 heavy (non-hydrogen) atoms. The minimum absolute atomic E-state index is 0.213. The van der Waals surface area contributed by atoms with Crippen LogP contribution in [0.15, 0.2) is 29.7 Å². The highest BCUT2D eigenvalue weighted by molar-refractivity contribution is 7.09. The second-order valence-electron chi connectivity index (χ2n) is 5.34. The number of carbonyl (C=O) groups excluding carboxylic acids is 1. The van der Waals surface area contributed by atoms with Gasteiger partial charge < -0.3 is 5.32 Å². The molecule has 0 saturated heterocycles. The normalized spacial score (nSPS) is 32.9. The fraction of sp³-hybridized carbons (Fsp3) is 0.533. The van der Waals surface area contributed by atoms with E-state index in [0.29, 0.717) is 24.3 Å². The molecule has 3 rings (SSSR count). The van der Waals surface area contributed by atoms with Crippen molar-refractivity contribution in [2.45, 2.75) is 26.3 Å². The minimum atomic E-state index is 0.213. The molecule has 0 spiro atoms. The number of thiophene rings is 1. The molecule has 2 bridgehead atoms. The van der Waals surface area contributed by atoms with Gasteiger partial charge in [-0.15, -0.1) is 11.3 Å². The molecule has 2 nitrogen and oxygen atoms in total. The summed E-state index contributed by atoms with van der Waals surface area (Å²) < 4.78 is 0. The molecule has 3 heteroatoms. The topological polar surface area (TPSA) is 29.1 Å². The lowest BCUT2D eigenvalue weighted by Crippen LogP contribution is -2.36.